The van der Waals surface area contributed by atoms with Gasteiger partial charge in [-0.1, -0.05) is 48.5 Å². The van der Waals surface area contributed by atoms with E-state index in [1.54, 1.807) is 23.3 Å². The highest BCUT2D eigenvalue weighted by molar-refractivity contribution is 7.10. The third-order valence-electron chi connectivity index (χ3n) is 6.22. The van der Waals surface area contributed by atoms with E-state index in [1.807, 2.05) is 65.6 Å². The standard InChI is InChI=1S/C28H32N2O4S/c1-33-17-8-15-29(27(31)19-22-9-4-2-5-10-22)20-28(32)30-16-13-26-24(14-18-35-26)25(30)21-34-23-11-6-3-7-12-23/h2-7,9-12,14,18,25H,8,13,15-17,19-21H2,1H3. The molecule has 0 saturated heterocycles. The van der Waals surface area contributed by atoms with Crippen molar-refractivity contribution in [1.82, 2.24) is 9.80 Å². The Kier molecular flexibility index (Phi) is 8.92. The molecular formula is C28H32N2O4S. The summed E-state index contributed by atoms with van der Waals surface area (Å²) in [5.41, 5.74) is 2.09. The van der Waals surface area contributed by atoms with Gasteiger partial charge in [0.25, 0.3) is 0 Å². The molecule has 2 heterocycles. The molecule has 35 heavy (non-hydrogen) atoms. The minimum absolute atomic E-state index is 0.0500. The number of thiophene rings is 1. The average molecular weight is 493 g/mol. The van der Waals surface area contributed by atoms with Gasteiger partial charge in [0.2, 0.25) is 11.8 Å². The summed E-state index contributed by atoms with van der Waals surface area (Å²) in [6.45, 7) is 2.07. The van der Waals surface area contributed by atoms with Crippen molar-refractivity contribution in [3.8, 4) is 5.75 Å². The fourth-order valence-corrected chi connectivity index (χ4v) is 5.32. The van der Waals surface area contributed by atoms with E-state index in [0.29, 0.717) is 32.7 Å². The summed E-state index contributed by atoms with van der Waals surface area (Å²) in [5.74, 6) is 0.676. The second-order valence-corrected chi connectivity index (χ2v) is 9.60. The molecule has 4 rings (SSSR count). The Hall–Kier alpha value is -3.16. The van der Waals surface area contributed by atoms with Crippen molar-refractivity contribution in [1.29, 1.82) is 0 Å². The van der Waals surface area contributed by atoms with Gasteiger partial charge in [0.1, 0.15) is 12.4 Å². The zero-order valence-corrected chi connectivity index (χ0v) is 20.9. The van der Waals surface area contributed by atoms with Gasteiger partial charge in [-0.25, -0.2) is 0 Å². The number of carbonyl (C=O) groups excluding carboxylic acids is 2. The molecule has 7 heteroatoms. The highest BCUT2D eigenvalue weighted by atomic mass is 32.1. The summed E-state index contributed by atoms with van der Waals surface area (Å²) >= 11 is 1.73. The summed E-state index contributed by atoms with van der Waals surface area (Å²) in [4.78, 5) is 31.6. The van der Waals surface area contributed by atoms with Gasteiger partial charge in [0.05, 0.1) is 19.0 Å². The normalized spacial score (nSPS) is 14.9. The summed E-state index contributed by atoms with van der Waals surface area (Å²) in [7, 11) is 1.64. The molecule has 1 unspecified atom stereocenters. The molecule has 0 spiro atoms. The molecule has 2 amide bonds. The quantitative estimate of drug-likeness (QED) is 0.373. The number of para-hydroxylation sites is 1. The smallest absolute Gasteiger partial charge is 0.242 e. The van der Waals surface area contributed by atoms with Crippen LogP contribution in [0.25, 0.3) is 0 Å². The molecule has 0 aliphatic carbocycles. The fraction of sp³-hybridized carbons (Fsp3) is 0.357. The van der Waals surface area contributed by atoms with Crippen molar-refractivity contribution in [3.05, 3.63) is 88.1 Å². The van der Waals surface area contributed by atoms with Gasteiger partial charge in [0.15, 0.2) is 0 Å². The minimum atomic E-state index is -0.178. The Morgan fingerprint density at radius 3 is 2.54 bits per heavy atom. The highest BCUT2D eigenvalue weighted by Gasteiger charge is 2.33. The number of methoxy groups -OCH3 is 1. The van der Waals surface area contributed by atoms with Crippen LogP contribution >= 0.6 is 11.3 Å². The maximum atomic E-state index is 13.6. The first-order valence-electron chi connectivity index (χ1n) is 12.0. The number of amides is 2. The first kappa shape index (κ1) is 24.9. The third-order valence-corrected chi connectivity index (χ3v) is 7.22. The van der Waals surface area contributed by atoms with Crippen molar-refractivity contribution < 1.29 is 19.1 Å². The lowest BCUT2D eigenvalue weighted by molar-refractivity contribution is -0.142. The lowest BCUT2D eigenvalue weighted by Crippen LogP contribution is -2.48. The molecule has 3 aromatic rings. The molecule has 0 saturated carbocycles. The first-order valence-corrected chi connectivity index (χ1v) is 12.9. The van der Waals surface area contributed by atoms with Gasteiger partial charge < -0.3 is 19.3 Å². The number of rotatable bonds is 11. The average Bonchev–Trinajstić information content (AvgIpc) is 3.37. The van der Waals surface area contributed by atoms with Gasteiger partial charge in [-0.3, -0.25) is 9.59 Å². The van der Waals surface area contributed by atoms with E-state index < -0.39 is 0 Å². The predicted molar refractivity (Wildman–Crippen MR) is 138 cm³/mol. The predicted octanol–water partition coefficient (Wildman–Crippen LogP) is 4.36. The van der Waals surface area contributed by atoms with Crippen LogP contribution in [0, 0.1) is 0 Å². The summed E-state index contributed by atoms with van der Waals surface area (Å²) in [5, 5.41) is 2.08. The van der Waals surface area contributed by atoms with Crippen LogP contribution in [0.15, 0.2) is 72.1 Å². The van der Waals surface area contributed by atoms with Crippen LogP contribution in [0.3, 0.4) is 0 Å². The van der Waals surface area contributed by atoms with Gasteiger partial charge in [-0.15, -0.1) is 11.3 Å². The first-order chi connectivity index (χ1) is 17.2. The second kappa shape index (κ2) is 12.5. The van der Waals surface area contributed by atoms with E-state index in [4.69, 9.17) is 9.47 Å². The van der Waals surface area contributed by atoms with E-state index in [1.165, 1.54) is 4.88 Å². The third kappa shape index (κ3) is 6.71. The fourth-order valence-electron chi connectivity index (χ4n) is 4.39. The van der Waals surface area contributed by atoms with Crippen molar-refractivity contribution in [2.24, 2.45) is 0 Å². The van der Waals surface area contributed by atoms with Crippen LogP contribution in [0.5, 0.6) is 5.75 Å². The lowest BCUT2D eigenvalue weighted by Gasteiger charge is -2.37. The largest absolute Gasteiger partial charge is 0.491 e. The summed E-state index contributed by atoms with van der Waals surface area (Å²) < 4.78 is 11.3. The molecule has 2 aromatic carbocycles. The van der Waals surface area contributed by atoms with Crippen LogP contribution in [-0.4, -0.2) is 61.6 Å². The molecule has 1 aliphatic heterocycles. The molecular weight excluding hydrogens is 460 g/mol. The number of nitrogens with zero attached hydrogens (tertiary/aromatic N) is 2. The Bertz CT molecular complexity index is 1090. The molecule has 1 aliphatic rings. The Morgan fingerprint density at radius 1 is 1.06 bits per heavy atom. The van der Waals surface area contributed by atoms with Crippen molar-refractivity contribution in [3.63, 3.8) is 0 Å². The Labute approximate surface area is 211 Å². The van der Waals surface area contributed by atoms with Gasteiger partial charge in [0, 0.05) is 31.7 Å². The number of hydrogen-bond donors (Lipinski definition) is 0. The topological polar surface area (TPSA) is 59.1 Å². The molecule has 0 bridgehead atoms. The maximum absolute atomic E-state index is 13.6. The molecule has 0 fully saturated rings. The zero-order chi connectivity index (χ0) is 24.5. The van der Waals surface area contributed by atoms with Crippen molar-refractivity contribution in [2.75, 3.05) is 40.0 Å². The summed E-state index contributed by atoms with van der Waals surface area (Å²) in [6.07, 6.45) is 1.78. The number of carbonyl (C=O) groups is 2. The van der Waals surface area contributed by atoms with Crippen LogP contribution in [0.1, 0.15) is 28.5 Å². The van der Waals surface area contributed by atoms with Gasteiger partial charge in [-0.2, -0.15) is 0 Å². The van der Waals surface area contributed by atoms with E-state index in [9.17, 15) is 9.59 Å². The van der Waals surface area contributed by atoms with Crippen LogP contribution in [0.2, 0.25) is 0 Å². The van der Waals surface area contributed by atoms with Gasteiger partial charge in [-0.05, 0) is 47.5 Å². The maximum Gasteiger partial charge on any atom is 0.242 e. The van der Waals surface area contributed by atoms with E-state index in [-0.39, 0.29) is 30.8 Å². The van der Waals surface area contributed by atoms with Crippen molar-refractivity contribution >= 4 is 23.2 Å². The number of hydrogen-bond acceptors (Lipinski definition) is 5. The molecule has 0 radical (unpaired) electrons. The van der Waals surface area contributed by atoms with Crippen molar-refractivity contribution in [2.45, 2.75) is 25.3 Å². The van der Waals surface area contributed by atoms with Crippen LogP contribution in [0.4, 0.5) is 0 Å². The van der Waals surface area contributed by atoms with E-state index >= 15 is 0 Å². The van der Waals surface area contributed by atoms with Crippen LogP contribution < -0.4 is 4.74 Å². The highest BCUT2D eigenvalue weighted by Crippen LogP contribution is 2.34. The molecule has 1 aromatic heterocycles. The van der Waals surface area contributed by atoms with Gasteiger partial charge >= 0.3 is 0 Å². The minimum Gasteiger partial charge on any atom is -0.491 e. The lowest BCUT2D eigenvalue weighted by atomic mass is 10.0. The number of fused-ring (bicyclic) bond motifs is 1. The molecule has 0 N–H and O–H groups in total. The SMILES string of the molecule is COCCCN(CC(=O)N1CCc2sccc2C1COc1ccccc1)C(=O)Cc1ccccc1. The van der Waals surface area contributed by atoms with Crippen LogP contribution in [-0.2, 0) is 27.2 Å². The van der Waals surface area contributed by atoms with E-state index in [0.717, 1.165) is 23.3 Å². The molecule has 6 nitrogen and oxygen atoms in total. The van der Waals surface area contributed by atoms with E-state index in [2.05, 4.69) is 11.4 Å². The second-order valence-electron chi connectivity index (χ2n) is 8.60. The monoisotopic (exact) mass is 492 g/mol. The summed E-state index contributed by atoms with van der Waals surface area (Å²) in [6, 6.07) is 21.2. The Morgan fingerprint density at radius 2 is 1.80 bits per heavy atom. The molecule has 1 atom stereocenters. The zero-order valence-electron chi connectivity index (χ0n) is 20.1. The number of benzene rings is 2. The number of ether oxygens (including phenoxy) is 2. The molecule has 184 valence electrons. The Balaban J connectivity index is 1.47.